The number of unbranched alkanes of at least 4 members (excludes halogenated alkanes) is 11. The smallest absolute Gasteiger partial charge is 0.261 e. The van der Waals surface area contributed by atoms with Crippen molar-refractivity contribution >= 4 is 11.8 Å². The Morgan fingerprint density at radius 1 is 0.707 bits per heavy atom. The summed E-state index contributed by atoms with van der Waals surface area (Å²) < 4.78 is 8.05. The summed E-state index contributed by atoms with van der Waals surface area (Å²) in [6, 6.07) is 20.3. The van der Waals surface area contributed by atoms with Gasteiger partial charge in [0.05, 0.1) is 6.61 Å². The molecule has 0 aliphatic rings. The molecule has 2 aromatic carbocycles. The SMILES string of the molecule is CCCCCCCCCCCCCCOc1cccc(C(=O)N(Cc2cccc[n+]2C)C(=O)c2ccccc2)c1C. The fraction of sp³-hybridized carbons (Fsp3) is 0.472. The fourth-order valence-electron chi connectivity index (χ4n) is 5.13. The molecule has 0 fully saturated rings. The highest BCUT2D eigenvalue weighted by atomic mass is 16.5. The number of benzene rings is 2. The number of ether oxygens (including phenoxy) is 1. The van der Waals surface area contributed by atoms with Crippen molar-refractivity contribution in [2.45, 2.75) is 97.4 Å². The molecule has 0 aliphatic heterocycles. The predicted molar refractivity (Wildman–Crippen MR) is 166 cm³/mol. The molecule has 1 heterocycles. The van der Waals surface area contributed by atoms with Crippen molar-refractivity contribution in [1.29, 1.82) is 0 Å². The Bertz CT molecular complexity index is 1210. The van der Waals surface area contributed by atoms with E-state index in [-0.39, 0.29) is 18.4 Å². The van der Waals surface area contributed by atoms with Crippen LogP contribution in [-0.2, 0) is 13.6 Å². The lowest BCUT2D eigenvalue weighted by atomic mass is 10.0. The molecule has 0 unspecified atom stereocenters. The van der Waals surface area contributed by atoms with Gasteiger partial charge in [0, 0.05) is 28.8 Å². The molecule has 0 radical (unpaired) electrons. The van der Waals surface area contributed by atoms with Gasteiger partial charge in [-0.15, -0.1) is 0 Å². The average Bonchev–Trinajstić information content (AvgIpc) is 2.99. The molecule has 1 aromatic heterocycles. The van der Waals surface area contributed by atoms with Gasteiger partial charge in [-0.1, -0.05) is 108 Å². The molecule has 41 heavy (non-hydrogen) atoms. The zero-order valence-corrected chi connectivity index (χ0v) is 25.4. The number of carbonyl (C=O) groups is 2. The van der Waals surface area contributed by atoms with Gasteiger partial charge in [-0.05, 0) is 37.6 Å². The van der Waals surface area contributed by atoms with Crippen LogP contribution in [0.1, 0.15) is 116 Å². The van der Waals surface area contributed by atoms with E-state index in [1.165, 1.54) is 69.1 Å². The van der Waals surface area contributed by atoms with Gasteiger partial charge in [-0.3, -0.25) is 14.5 Å². The topological polar surface area (TPSA) is 50.5 Å². The summed E-state index contributed by atoms with van der Waals surface area (Å²) in [7, 11) is 1.92. The summed E-state index contributed by atoms with van der Waals surface area (Å²) in [6.07, 6.45) is 17.5. The second-order valence-corrected chi connectivity index (χ2v) is 11.0. The molecule has 0 saturated heterocycles. The Hall–Kier alpha value is -3.47. The van der Waals surface area contributed by atoms with Crippen LogP contribution in [-0.4, -0.2) is 23.3 Å². The minimum Gasteiger partial charge on any atom is -0.493 e. The quantitative estimate of drug-likeness (QED) is 0.0897. The number of aromatic nitrogens is 1. The summed E-state index contributed by atoms with van der Waals surface area (Å²) in [5, 5.41) is 0. The van der Waals surface area contributed by atoms with E-state index in [9.17, 15) is 9.59 Å². The van der Waals surface area contributed by atoms with E-state index >= 15 is 0 Å². The number of nitrogens with zero attached hydrogens (tertiary/aromatic N) is 2. The highest BCUT2D eigenvalue weighted by molar-refractivity contribution is 6.10. The average molecular weight is 558 g/mol. The second-order valence-electron chi connectivity index (χ2n) is 11.0. The van der Waals surface area contributed by atoms with Crippen molar-refractivity contribution in [2.24, 2.45) is 7.05 Å². The molecule has 0 saturated carbocycles. The van der Waals surface area contributed by atoms with Crippen LogP contribution in [0.3, 0.4) is 0 Å². The highest BCUT2D eigenvalue weighted by Crippen LogP contribution is 2.24. The minimum atomic E-state index is -0.323. The number of hydrogen-bond donors (Lipinski definition) is 0. The minimum absolute atomic E-state index is 0.174. The van der Waals surface area contributed by atoms with Crippen molar-refractivity contribution < 1.29 is 18.9 Å². The Morgan fingerprint density at radius 3 is 1.95 bits per heavy atom. The normalized spacial score (nSPS) is 10.9. The van der Waals surface area contributed by atoms with E-state index in [0.29, 0.717) is 23.5 Å². The standard InChI is InChI=1S/C36H49N2O3/c1-4-5-6-7-8-9-10-11-12-13-14-20-28-41-34-26-21-25-33(30(34)2)36(40)38(29-32-24-18-19-27-37(32)3)35(39)31-22-16-15-17-23-31/h15-19,21-27H,4-14,20,28-29H2,1-3H3/q+1. The van der Waals surface area contributed by atoms with Gasteiger partial charge in [0.2, 0.25) is 5.69 Å². The van der Waals surface area contributed by atoms with E-state index in [0.717, 1.165) is 24.1 Å². The third-order valence-corrected chi connectivity index (χ3v) is 7.76. The van der Waals surface area contributed by atoms with E-state index < -0.39 is 0 Å². The largest absolute Gasteiger partial charge is 0.493 e. The van der Waals surface area contributed by atoms with Crippen LogP contribution in [0.25, 0.3) is 0 Å². The van der Waals surface area contributed by atoms with E-state index in [1.54, 1.807) is 18.2 Å². The second kappa shape index (κ2) is 18.1. The van der Waals surface area contributed by atoms with Gasteiger partial charge >= 0.3 is 0 Å². The Labute approximate surface area is 247 Å². The van der Waals surface area contributed by atoms with Crippen LogP contribution in [0, 0.1) is 6.92 Å². The van der Waals surface area contributed by atoms with Gasteiger partial charge in [-0.25, -0.2) is 4.57 Å². The lowest BCUT2D eigenvalue weighted by Crippen LogP contribution is -2.42. The molecule has 5 nitrogen and oxygen atoms in total. The molecule has 5 heteroatoms. The van der Waals surface area contributed by atoms with Gasteiger partial charge in [-0.2, -0.15) is 0 Å². The van der Waals surface area contributed by atoms with Gasteiger partial charge < -0.3 is 4.74 Å². The molecule has 3 aromatic rings. The molecular weight excluding hydrogens is 508 g/mol. The number of imide groups is 1. The van der Waals surface area contributed by atoms with Crippen LogP contribution < -0.4 is 9.30 Å². The van der Waals surface area contributed by atoms with Crippen molar-refractivity contribution in [3.63, 3.8) is 0 Å². The van der Waals surface area contributed by atoms with Gasteiger partial charge in [0.15, 0.2) is 6.20 Å². The molecular formula is C36H49N2O3+. The van der Waals surface area contributed by atoms with Gasteiger partial charge in [0.1, 0.15) is 19.3 Å². The maximum Gasteiger partial charge on any atom is 0.261 e. The number of carbonyl (C=O) groups excluding carboxylic acids is 2. The maximum atomic E-state index is 13.9. The van der Waals surface area contributed by atoms with Crippen molar-refractivity contribution in [3.8, 4) is 5.75 Å². The molecule has 220 valence electrons. The first kappa shape index (κ1) is 32.0. The first-order valence-electron chi connectivity index (χ1n) is 15.6. The van der Waals surface area contributed by atoms with E-state index in [2.05, 4.69) is 6.92 Å². The van der Waals surface area contributed by atoms with Crippen LogP contribution in [0.15, 0.2) is 72.9 Å². The Balaban J connectivity index is 1.54. The van der Waals surface area contributed by atoms with Gasteiger partial charge in [0.25, 0.3) is 11.8 Å². The van der Waals surface area contributed by atoms with E-state index in [4.69, 9.17) is 4.74 Å². The van der Waals surface area contributed by atoms with E-state index in [1.807, 2.05) is 73.3 Å². The number of rotatable bonds is 18. The summed E-state index contributed by atoms with van der Waals surface area (Å²) in [6.45, 7) is 4.97. The molecule has 0 bridgehead atoms. The van der Waals surface area contributed by atoms with Crippen LogP contribution >= 0.6 is 0 Å². The predicted octanol–water partition coefficient (Wildman–Crippen LogP) is 8.38. The Morgan fingerprint density at radius 2 is 1.32 bits per heavy atom. The fourth-order valence-corrected chi connectivity index (χ4v) is 5.13. The molecule has 3 rings (SSSR count). The van der Waals surface area contributed by atoms with Crippen LogP contribution in [0.4, 0.5) is 0 Å². The maximum absolute atomic E-state index is 13.9. The third-order valence-electron chi connectivity index (χ3n) is 7.76. The van der Waals surface area contributed by atoms with Crippen molar-refractivity contribution in [2.75, 3.05) is 6.61 Å². The monoisotopic (exact) mass is 557 g/mol. The first-order valence-corrected chi connectivity index (χ1v) is 15.6. The lowest BCUT2D eigenvalue weighted by molar-refractivity contribution is -0.679. The zero-order chi connectivity index (χ0) is 29.3. The molecule has 0 atom stereocenters. The number of hydrogen-bond acceptors (Lipinski definition) is 3. The number of amides is 2. The highest BCUT2D eigenvalue weighted by Gasteiger charge is 2.28. The molecule has 0 N–H and O–H groups in total. The Kier molecular flexibility index (Phi) is 14.1. The zero-order valence-electron chi connectivity index (χ0n) is 25.4. The summed E-state index contributed by atoms with van der Waals surface area (Å²) in [4.78, 5) is 28.8. The molecule has 0 aliphatic carbocycles. The van der Waals surface area contributed by atoms with Crippen molar-refractivity contribution in [3.05, 3.63) is 95.3 Å². The molecule has 0 spiro atoms. The lowest BCUT2D eigenvalue weighted by Gasteiger charge is -2.22. The number of pyridine rings is 1. The van der Waals surface area contributed by atoms with Crippen LogP contribution in [0.5, 0.6) is 5.75 Å². The third kappa shape index (κ3) is 10.5. The summed E-state index contributed by atoms with van der Waals surface area (Å²) in [5.74, 6) is 0.0639. The summed E-state index contributed by atoms with van der Waals surface area (Å²) >= 11 is 0. The van der Waals surface area contributed by atoms with Crippen molar-refractivity contribution in [1.82, 2.24) is 4.90 Å². The number of aryl methyl sites for hydroxylation is 1. The first-order chi connectivity index (χ1) is 20.0. The van der Waals surface area contributed by atoms with Crippen LogP contribution in [0.2, 0.25) is 0 Å². The molecule has 2 amide bonds. The summed E-state index contributed by atoms with van der Waals surface area (Å²) in [5.41, 5.74) is 2.60.